The van der Waals surface area contributed by atoms with Crippen molar-refractivity contribution < 1.29 is 14.5 Å². The van der Waals surface area contributed by atoms with Crippen LogP contribution >= 0.6 is 12.4 Å². The van der Waals surface area contributed by atoms with Gasteiger partial charge in [-0.15, -0.1) is 17.5 Å². The Labute approximate surface area is 184 Å². The number of carbonyl (C=O) groups is 1. The highest BCUT2D eigenvalue weighted by Gasteiger charge is 2.25. The van der Waals surface area contributed by atoms with Crippen LogP contribution in [0.25, 0.3) is 5.82 Å². The summed E-state index contributed by atoms with van der Waals surface area (Å²) in [6.07, 6.45) is 0. The van der Waals surface area contributed by atoms with Gasteiger partial charge in [0.1, 0.15) is 11.4 Å². The summed E-state index contributed by atoms with van der Waals surface area (Å²) in [5.41, 5.74) is 9.99. The molecule has 0 atom stereocenters. The molecular weight excluding hydrogens is 426 g/mol. The maximum absolute atomic E-state index is 13.0. The second-order valence-electron chi connectivity index (χ2n) is 6.42. The third kappa shape index (κ3) is 5.35. The van der Waals surface area contributed by atoms with E-state index in [4.69, 9.17) is 5.73 Å². The first kappa shape index (κ1) is 23.8. The summed E-state index contributed by atoms with van der Waals surface area (Å²) in [5.74, 6) is -0.412. The molecule has 13 heteroatoms. The highest BCUT2D eigenvalue weighted by molar-refractivity contribution is 6.01. The standard InChI is InChI=1S/C18H23N9O3.ClH/c1-4-26(5-2)10-14-15(27(25-21-14)17-16(19)23-30-24-17)18(29)22-20-11(3)12-7-6-8-13(28)9-12;/h6-9,28H,4-5,10H2,1-3H3,(H2,19,23)(H,22,29);1H/b20-11+;. The second kappa shape index (κ2) is 10.5. The Bertz CT molecular complexity index is 1060. The van der Waals surface area contributed by atoms with E-state index in [1.165, 1.54) is 4.68 Å². The summed E-state index contributed by atoms with van der Waals surface area (Å²) >= 11 is 0. The molecule has 3 rings (SSSR count). The zero-order chi connectivity index (χ0) is 21.7. The Hall–Kier alpha value is -3.51. The molecule has 0 bridgehead atoms. The molecule has 0 unspecified atom stereocenters. The zero-order valence-corrected chi connectivity index (χ0v) is 18.1. The number of rotatable bonds is 8. The largest absolute Gasteiger partial charge is 0.508 e. The van der Waals surface area contributed by atoms with E-state index in [-0.39, 0.29) is 35.5 Å². The van der Waals surface area contributed by atoms with Gasteiger partial charge in [-0.1, -0.05) is 31.2 Å². The van der Waals surface area contributed by atoms with E-state index in [1.54, 1.807) is 31.2 Å². The Balaban J connectivity index is 0.00000341. The molecule has 0 aliphatic heterocycles. The van der Waals surface area contributed by atoms with Crippen LogP contribution in [0.3, 0.4) is 0 Å². The fourth-order valence-electron chi connectivity index (χ4n) is 2.77. The Morgan fingerprint density at radius 3 is 2.68 bits per heavy atom. The Morgan fingerprint density at radius 1 is 1.32 bits per heavy atom. The van der Waals surface area contributed by atoms with Crippen LogP contribution < -0.4 is 11.2 Å². The molecule has 2 aromatic heterocycles. The molecule has 166 valence electrons. The maximum atomic E-state index is 13.0. The lowest BCUT2D eigenvalue weighted by Gasteiger charge is -2.16. The number of nitrogens with two attached hydrogens (primary N) is 1. The van der Waals surface area contributed by atoms with Gasteiger partial charge >= 0.3 is 0 Å². The van der Waals surface area contributed by atoms with Crippen LogP contribution in [0.15, 0.2) is 34.0 Å². The van der Waals surface area contributed by atoms with Crippen molar-refractivity contribution in [2.24, 2.45) is 5.10 Å². The maximum Gasteiger partial charge on any atom is 0.292 e. The van der Waals surface area contributed by atoms with Crippen molar-refractivity contribution in [2.75, 3.05) is 18.8 Å². The van der Waals surface area contributed by atoms with Gasteiger partial charge in [0.25, 0.3) is 5.91 Å². The number of hydrogen-bond donors (Lipinski definition) is 3. The average molecular weight is 450 g/mol. The third-order valence-corrected chi connectivity index (χ3v) is 4.51. The number of carbonyl (C=O) groups excluding carboxylic acids is 1. The van der Waals surface area contributed by atoms with Crippen molar-refractivity contribution >= 4 is 29.8 Å². The van der Waals surface area contributed by atoms with Gasteiger partial charge in [0.2, 0.25) is 11.6 Å². The molecule has 0 saturated heterocycles. The van der Waals surface area contributed by atoms with Crippen molar-refractivity contribution in [3.63, 3.8) is 0 Å². The summed E-state index contributed by atoms with van der Waals surface area (Å²) in [7, 11) is 0. The number of aromatic nitrogens is 5. The zero-order valence-electron chi connectivity index (χ0n) is 17.3. The van der Waals surface area contributed by atoms with Gasteiger partial charge in [0, 0.05) is 12.1 Å². The van der Waals surface area contributed by atoms with Gasteiger partial charge < -0.3 is 10.8 Å². The van der Waals surface area contributed by atoms with Crippen LogP contribution in [-0.4, -0.2) is 60.0 Å². The van der Waals surface area contributed by atoms with E-state index >= 15 is 0 Å². The molecule has 1 amide bonds. The van der Waals surface area contributed by atoms with Crippen molar-refractivity contribution in [2.45, 2.75) is 27.3 Å². The van der Waals surface area contributed by atoms with E-state index in [2.05, 4.69) is 40.7 Å². The fourth-order valence-corrected chi connectivity index (χ4v) is 2.77. The van der Waals surface area contributed by atoms with Gasteiger partial charge in [0.05, 0.1) is 5.71 Å². The Kier molecular flexibility index (Phi) is 8.05. The average Bonchev–Trinajstić information content (AvgIpc) is 3.35. The number of nitrogen functional groups attached to an aromatic ring is 1. The van der Waals surface area contributed by atoms with Crippen LogP contribution in [0.2, 0.25) is 0 Å². The number of amides is 1. The summed E-state index contributed by atoms with van der Waals surface area (Å²) in [4.78, 5) is 15.1. The minimum atomic E-state index is -0.552. The number of benzene rings is 1. The molecule has 0 aliphatic carbocycles. The summed E-state index contributed by atoms with van der Waals surface area (Å²) in [6.45, 7) is 7.67. The molecule has 0 aliphatic rings. The lowest BCUT2D eigenvalue weighted by atomic mass is 10.1. The van der Waals surface area contributed by atoms with Gasteiger partial charge in [-0.3, -0.25) is 9.69 Å². The summed E-state index contributed by atoms with van der Waals surface area (Å²) in [5, 5.41) is 29.1. The normalized spacial score (nSPS) is 11.4. The first-order valence-electron chi connectivity index (χ1n) is 9.33. The van der Waals surface area contributed by atoms with Crippen molar-refractivity contribution in [1.29, 1.82) is 0 Å². The van der Waals surface area contributed by atoms with Gasteiger partial charge in [-0.05, 0) is 42.5 Å². The molecule has 12 nitrogen and oxygen atoms in total. The second-order valence-corrected chi connectivity index (χ2v) is 6.42. The van der Waals surface area contributed by atoms with E-state index in [9.17, 15) is 9.90 Å². The molecule has 0 radical (unpaired) electrons. The molecule has 1 aromatic carbocycles. The minimum absolute atomic E-state index is 0. The SMILES string of the molecule is CCN(CC)Cc1nnn(-c2nonc2N)c1C(=O)N/N=C(\C)c1cccc(O)c1.Cl. The number of nitrogens with one attached hydrogen (secondary N) is 1. The number of aromatic hydroxyl groups is 1. The van der Waals surface area contributed by atoms with Crippen LogP contribution in [0.1, 0.15) is 42.5 Å². The van der Waals surface area contributed by atoms with Crippen LogP contribution in [0.4, 0.5) is 5.82 Å². The topological polar surface area (TPSA) is 161 Å². The lowest BCUT2D eigenvalue weighted by Crippen LogP contribution is -2.27. The van der Waals surface area contributed by atoms with Crippen LogP contribution in [-0.2, 0) is 6.54 Å². The number of nitrogens with zero attached hydrogens (tertiary/aromatic N) is 7. The van der Waals surface area contributed by atoms with Crippen molar-refractivity contribution in [3.05, 3.63) is 41.2 Å². The number of phenols is 1. The number of halogens is 1. The molecule has 31 heavy (non-hydrogen) atoms. The first-order chi connectivity index (χ1) is 14.4. The highest BCUT2D eigenvalue weighted by atomic mass is 35.5. The number of anilines is 1. The Morgan fingerprint density at radius 2 is 2.06 bits per heavy atom. The fraction of sp³-hybridized carbons (Fsp3) is 0.333. The lowest BCUT2D eigenvalue weighted by molar-refractivity contribution is 0.0944. The summed E-state index contributed by atoms with van der Waals surface area (Å²) in [6, 6.07) is 6.55. The van der Waals surface area contributed by atoms with Crippen LogP contribution in [0.5, 0.6) is 5.75 Å². The molecule has 0 saturated carbocycles. The third-order valence-electron chi connectivity index (χ3n) is 4.51. The molecule has 3 aromatic rings. The van der Waals surface area contributed by atoms with E-state index in [1.807, 2.05) is 13.8 Å². The summed E-state index contributed by atoms with van der Waals surface area (Å²) < 4.78 is 5.81. The quantitative estimate of drug-likeness (QED) is 0.340. The monoisotopic (exact) mass is 449 g/mol. The van der Waals surface area contributed by atoms with Crippen molar-refractivity contribution in [3.8, 4) is 11.6 Å². The predicted octanol–water partition coefficient (Wildman–Crippen LogP) is 1.36. The molecule has 2 heterocycles. The van der Waals surface area contributed by atoms with Crippen LogP contribution in [0, 0.1) is 0 Å². The number of phenolic OH excluding ortho intramolecular Hbond substituents is 1. The predicted molar refractivity (Wildman–Crippen MR) is 115 cm³/mol. The smallest absolute Gasteiger partial charge is 0.292 e. The molecule has 0 fully saturated rings. The first-order valence-corrected chi connectivity index (χ1v) is 9.33. The van der Waals surface area contributed by atoms with Gasteiger partial charge in [-0.2, -0.15) is 9.78 Å². The van der Waals surface area contributed by atoms with E-state index in [0.717, 1.165) is 13.1 Å². The molecule has 0 spiro atoms. The van der Waals surface area contributed by atoms with Gasteiger partial charge in [-0.25, -0.2) is 10.1 Å². The molecular formula is C18H24ClN9O3. The van der Waals surface area contributed by atoms with E-state index in [0.29, 0.717) is 23.5 Å². The number of hydrogen-bond acceptors (Lipinski definition) is 10. The van der Waals surface area contributed by atoms with E-state index < -0.39 is 5.91 Å². The molecule has 4 N–H and O–H groups in total. The van der Waals surface area contributed by atoms with Crippen molar-refractivity contribution in [1.82, 2.24) is 35.6 Å². The highest BCUT2D eigenvalue weighted by Crippen LogP contribution is 2.17. The minimum Gasteiger partial charge on any atom is -0.508 e. The number of hydrazone groups is 1. The van der Waals surface area contributed by atoms with Gasteiger partial charge in [0.15, 0.2) is 5.69 Å².